The third-order valence-corrected chi connectivity index (χ3v) is 6.61. The molecule has 2 N–H and O–H groups in total. The Hall–Kier alpha value is -2.83. The second-order valence-corrected chi connectivity index (χ2v) is 9.39. The highest BCUT2D eigenvalue weighted by atomic mass is 16.2. The number of hydrogen-bond donors (Lipinski definition) is 2. The number of amides is 2. The van der Waals surface area contributed by atoms with E-state index in [0.29, 0.717) is 24.2 Å². The largest absolute Gasteiger partial charge is 0.356 e. The molecule has 7 heteroatoms. The Morgan fingerprint density at radius 2 is 1.41 bits per heavy atom. The summed E-state index contributed by atoms with van der Waals surface area (Å²) in [5.41, 5.74) is 3.52. The van der Waals surface area contributed by atoms with Gasteiger partial charge in [-0.1, -0.05) is 13.3 Å². The fraction of sp³-hybridized carbons (Fsp3) is 0.593. The number of ketones is 2. The third-order valence-electron chi connectivity index (χ3n) is 6.61. The SMILES string of the molecule is CCCC[N+]1=C(C)C(C)(C)c2c(C(=O)CCC(=O)NCC)cc(C(=O)CCC(=O)NCC)cc21. The lowest BCUT2D eigenvalue weighted by atomic mass is 9.77. The molecule has 0 radical (unpaired) electrons. The summed E-state index contributed by atoms with van der Waals surface area (Å²) in [6.07, 6.45) is 2.41. The minimum atomic E-state index is -0.373. The lowest BCUT2D eigenvalue weighted by Crippen LogP contribution is -2.28. The van der Waals surface area contributed by atoms with Crippen molar-refractivity contribution >= 4 is 34.8 Å². The molecular weight excluding hydrogens is 430 g/mol. The van der Waals surface area contributed by atoms with Crippen LogP contribution in [-0.2, 0) is 15.0 Å². The van der Waals surface area contributed by atoms with Crippen LogP contribution in [0, 0.1) is 0 Å². The summed E-state index contributed by atoms with van der Waals surface area (Å²) in [6.45, 7) is 13.9. The highest BCUT2D eigenvalue weighted by Gasteiger charge is 2.46. The maximum Gasteiger partial charge on any atom is 0.220 e. The van der Waals surface area contributed by atoms with Gasteiger partial charge in [0.15, 0.2) is 17.3 Å². The van der Waals surface area contributed by atoms with E-state index >= 15 is 0 Å². The van der Waals surface area contributed by atoms with Crippen molar-refractivity contribution in [3.63, 3.8) is 0 Å². The van der Waals surface area contributed by atoms with Gasteiger partial charge in [-0.25, -0.2) is 0 Å². The van der Waals surface area contributed by atoms with Crippen LogP contribution in [0.1, 0.15) is 106 Å². The van der Waals surface area contributed by atoms with E-state index in [9.17, 15) is 19.2 Å². The van der Waals surface area contributed by atoms with E-state index in [1.165, 1.54) is 0 Å². The Morgan fingerprint density at radius 1 is 0.853 bits per heavy atom. The fourth-order valence-electron chi connectivity index (χ4n) is 4.49. The van der Waals surface area contributed by atoms with Crippen molar-refractivity contribution in [1.29, 1.82) is 0 Å². The van der Waals surface area contributed by atoms with Gasteiger partial charge in [-0.2, -0.15) is 4.58 Å². The van der Waals surface area contributed by atoms with Gasteiger partial charge in [0.25, 0.3) is 0 Å². The highest BCUT2D eigenvalue weighted by molar-refractivity contribution is 6.08. The van der Waals surface area contributed by atoms with Crippen molar-refractivity contribution in [1.82, 2.24) is 10.6 Å². The number of nitrogens with zero attached hydrogens (tertiary/aromatic N) is 1. The molecule has 2 amide bonds. The van der Waals surface area contributed by atoms with Gasteiger partial charge in [0.2, 0.25) is 17.5 Å². The van der Waals surface area contributed by atoms with Gasteiger partial charge in [0.05, 0.1) is 11.0 Å². The fourth-order valence-corrected chi connectivity index (χ4v) is 4.49. The van der Waals surface area contributed by atoms with Crippen LogP contribution in [0.4, 0.5) is 5.69 Å². The van der Waals surface area contributed by atoms with Crippen LogP contribution in [0.3, 0.4) is 0 Å². The Kier molecular flexibility index (Phi) is 9.71. The van der Waals surface area contributed by atoms with Gasteiger partial charge in [-0.15, -0.1) is 0 Å². The second kappa shape index (κ2) is 12.0. The molecule has 1 aliphatic rings. The number of benzene rings is 1. The summed E-state index contributed by atoms with van der Waals surface area (Å²) >= 11 is 0. The number of hydrogen-bond acceptors (Lipinski definition) is 4. The smallest absolute Gasteiger partial charge is 0.220 e. The Labute approximate surface area is 203 Å². The first-order chi connectivity index (χ1) is 16.1. The topological polar surface area (TPSA) is 95.3 Å². The van der Waals surface area contributed by atoms with Gasteiger partial charge in [-0.3, -0.25) is 19.2 Å². The van der Waals surface area contributed by atoms with Gasteiger partial charge in [0.1, 0.15) is 6.54 Å². The molecule has 0 aliphatic carbocycles. The molecule has 0 bridgehead atoms. The van der Waals surface area contributed by atoms with E-state index in [4.69, 9.17) is 0 Å². The van der Waals surface area contributed by atoms with Crippen LogP contribution in [0.5, 0.6) is 0 Å². The molecule has 1 aliphatic heterocycles. The number of rotatable bonds is 13. The molecule has 186 valence electrons. The molecule has 0 unspecified atom stereocenters. The molecule has 0 saturated heterocycles. The molecule has 0 aromatic heterocycles. The second-order valence-electron chi connectivity index (χ2n) is 9.39. The van der Waals surface area contributed by atoms with Crippen LogP contribution in [-0.4, -0.2) is 53.3 Å². The first-order valence-electron chi connectivity index (χ1n) is 12.5. The van der Waals surface area contributed by atoms with E-state index in [1.807, 2.05) is 19.9 Å². The van der Waals surface area contributed by atoms with Crippen molar-refractivity contribution in [2.24, 2.45) is 0 Å². The molecule has 1 aromatic carbocycles. The lowest BCUT2D eigenvalue weighted by molar-refractivity contribution is -0.439. The third kappa shape index (κ3) is 6.19. The van der Waals surface area contributed by atoms with E-state index < -0.39 is 0 Å². The van der Waals surface area contributed by atoms with Crippen LogP contribution < -0.4 is 10.6 Å². The molecule has 7 nitrogen and oxygen atoms in total. The van der Waals surface area contributed by atoms with Crippen LogP contribution >= 0.6 is 0 Å². The Balaban J connectivity index is 2.50. The molecule has 0 saturated carbocycles. The molecule has 1 heterocycles. The lowest BCUT2D eigenvalue weighted by Gasteiger charge is -2.19. The zero-order chi connectivity index (χ0) is 25.5. The number of fused-ring (bicyclic) bond motifs is 1. The van der Waals surface area contributed by atoms with Crippen LogP contribution in [0.25, 0.3) is 0 Å². The van der Waals surface area contributed by atoms with Crippen molar-refractivity contribution in [2.45, 2.75) is 85.5 Å². The zero-order valence-electron chi connectivity index (χ0n) is 21.6. The summed E-state index contributed by atoms with van der Waals surface area (Å²) in [5, 5.41) is 5.44. The first-order valence-corrected chi connectivity index (χ1v) is 12.5. The summed E-state index contributed by atoms with van der Waals surface area (Å²) in [7, 11) is 0. The summed E-state index contributed by atoms with van der Waals surface area (Å²) in [4.78, 5) is 50.3. The molecule has 0 atom stereocenters. The number of nitrogens with one attached hydrogen (secondary N) is 2. The molecule has 0 fully saturated rings. The number of carbonyl (C=O) groups is 4. The molecular formula is C27H40N3O4+. The first kappa shape index (κ1) is 27.4. The molecule has 2 rings (SSSR count). The van der Waals surface area contributed by atoms with Crippen molar-refractivity contribution in [3.05, 3.63) is 28.8 Å². The number of carbonyl (C=O) groups excluding carboxylic acids is 4. The standard InChI is InChI=1S/C27H39N3O4/c1-7-10-15-30-18(4)27(5,6)26-20(23(32)12-14-25(34)29-9-3)16-19(17-21(26)30)22(31)11-13-24(33)28-8-2/h16-17H,7-15H2,1-6H3,(H-,28,29,33,34)/p+1. The van der Waals surface area contributed by atoms with Crippen LogP contribution in [0.2, 0.25) is 0 Å². The Morgan fingerprint density at radius 3 is 1.94 bits per heavy atom. The maximum absolute atomic E-state index is 13.4. The number of Topliss-reactive ketones (excluding diaryl/α,β-unsaturated/α-hetero) is 2. The zero-order valence-corrected chi connectivity index (χ0v) is 21.6. The van der Waals surface area contributed by atoms with E-state index in [-0.39, 0.29) is 54.5 Å². The van der Waals surface area contributed by atoms with E-state index in [1.54, 1.807) is 6.07 Å². The normalized spacial score (nSPS) is 14.1. The average molecular weight is 471 g/mol. The van der Waals surface area contributed by atoms with Crippen molar-refractivity contribution in [2.75, 3.05) is 19.6 Å². The van der Waals surface area contributed by atoms with Gasteiger partial charge in [0, 0.05) is 69.3 Å². The summed E-state index contributed by atoms with van der Waals surface area (Å²) in [5.74, 6) is -0.623. The predicted molar refractivity (Wildman–Crippen MR) is 134 cm³/mol. The average Bonchev–Trinajstić information content (AvgIpc) is 2.99. The predicted octanol–water partition coefficient (Wildman–Crippen LogP) is 4.08. The quantitative estimate of drug-likeness (QED) is 0.335. The van der Waals surface area contributed by atoms with Crippen LogP contribution in [0.15, 0.2) is 12.1 Å². The van der Waals surface area contributed by atoms with Crippen molar-refractivity contribution in [3.8, 4) is 0 Å². The van der Waals surface area contributed by atoms with E-state index in [0.717, 1.165) is 36.3 Å². The molecule has 1 aromatic rings. The van der Waals surface area contributed by atoms with Gasteiger partial charge < -0.3 is 10.6 Å². The van der Waals surface area contributed by atoms with Crippen molar-refractivity contribution < 1.29 is 23.8 Å². The Bertz CT molecular complexity index is 992. The number of unbranched alkanes of at least 4 members (excludes halogenated alkanes) is 1. The molecule has 0 spiro atoms. The highest BCUT2D eigenvalue weighted by Crippen LogP contribution is 2.43. The molecule has 34 heavy (non-hydrogen) atoms. The minimum Gasteiger partial charge on any atom is -0.356 e. The minimum absolute atomic E-state index is 0.0816. The monoisotopic (exact) mass is 470 g/mol. The van der Waals surface area contributed by atoms with Gasteiger partial charge >= 0.3 is 0 Å². The van der Waals surface area contributed by atoms with Gasteiger partial charge in [-0.05, 0) is 33.8 Å². The summed E-state index contributed by atoms with van der Waals surface area (Å²) < 4.78 is 2.22. The van der Waals surface area contributed by atoms with E-state index in [2.05, 4.69) is 42.9 Å². The maximum atomic E-state index is 13.4. The summed E-state index contributed by atoms with van der Waals surface area (Å²) in [6, 6.07) is 3.56.